The number of ether oxygens (including phenoxy) is 1. The average molecular weight is 436 g/mol. The number of aliphatic hydroxyl groups excluding tert-OH is 1. The first-order valence-electron chi connectivity index (χ1n) is 9.27. The van der Waals surface area contributed by atoms with Gasteiger partial charge in [0.05, 0.1) is 22.3 Å². The molecule has 9 heteroatoms. The molecule has 0 aliphatic rings. The Morgan fingerprint density at radius 1 is 1.19 bits per heavy atom. The molecule has 1 amide bonds. The van der Waals surface area contributed by atoms with Crippen LogP contribution in [0.1, 0.15) is 16.2 Å². The van der Waals surface area contributed by atoms with Crippen LogP contribution >= 0.6 is 11.8 Å². The van der Waals surface area contributed by atoms with Crippen molar-refractivity contribution in [2.75, 3.05) is 26.5 Å². The van der Waals surface area contributed by atoms with Crippen LogP contribution in [-0.2, 0) is 9.53 Å². The molecule has 0 radical (unpaired) electrons. The predicted molar refractivity (Wildman–Crippen MR) is 117 cm³/mol. The quantitative estimate of drug-likeness (QED) is 0.252. The van der Waals surface area contributed by atoms with Gasteiger partial charge in [0, 0.05) is 19.0 Å². The van der Waals surface area contributed by atoms with Crippen LogP contribution < -0.4 is 0 Å². The lowest BCUT2D eigenvalue weighted by atomic mass is 10.2. The smallest absolute Gasteiger partial charge is 0.339 e. The third-order valence-corrected chi connectivity index (χ3v) is 5.38. The number of nitriles is 1. The van der Waals surface area contributed by atoms with Crippen molar-refractivity contribution >= 4 is 40.2 Å². The highest BCUT2D eigenvalue weighted by Gasteiger charge is 2.18. The third-order valence-electron chi connectivity index (χ3n) is 4.32. The number of thioether (sulfide) groups is 1. The number of esters is 1. The minimum atomic E-state index is -0.672. The first-order chi connectivity index (χ1) is 14.9. The Balaban J connectivity index is 1.73. The van der Waals surface area contributed by atoms with Gasteiger partial charge in [0.1, 0.15) is 18.2 Å². The normalized spacial score (nSPS) is 11.5. The molecule has 0 saturated heterocycles. The van der Waals surface area contributed by atoms with Gasteiger partial charge in [0.25, 0.3) is 0 Å². The van der Waals surface area contributed by atoms with Crippen LogP contribution in [0.5, 0.6) is 0 Å². The van der Waals surface area contributed by atoms with E-state index in [2.05, 4.69) is 9.97 Å². The molecule has 31 heavy (non-hydrogen) atoms. The molecule has 0 fully saturated rings. The number of nitrogens with one attached hydrogen (secondary N) is 1. The Labute approximate surface area is 183 Å². The molecule has 2 aromatic carbocycles. The number of amides is 1. The number of H-pyrrole nitrogens is 1. The van der Waals surface area contributed by atoms with Gasteiger partial charge < -0.3 is 19.7 Å². The van der Waals surface area contributed by atoms with Gasteiger partial charge in [0.15, 0.2) is 11.6 Å². The topological polar surface area (TPSA) is 119 Å². The lowest BCUT2D eigenvalue weighted by Gasteiger charge is -2.12. The number of para-hydroxylation sites is 2. The van der Waals surface area contributed by atoms with E-state index in [0.29, 0.717) is 15.9 Å². The van der Waals surface area contributed by atoms with Gasteiger partial charge in [-0.15, -0.1) is 11.8 Å². The number of benzene rings is 2. The number of carbonyl (C=O) groups excluding carboxylic acids is 2. The fraction of sp³-hybridized carbons (Fsp3) is 0.182. The van der Waals surface area contributed by atoms with E-state index < -0.39 is 18.3 Å². The summed E-state index contributed by atoms with van der Waals surface area (Å²) >= 11 is 1.22. The number of imidazole rings is 1. The Hall–Kier alpha value is -3.77. The Morgan fingerprint density at radius 2 is 1.90 bits per heavy atom. The lowest BCUT2D eigenvalue weighted by molar-refractivity contribution is -0.125. The first kappa shape index (κ1) is 21.9. The Morgan fingerprint density at radius 3 is 2.61 bits per heavy atom. The molecule has 8 nitrogen and oxygen atoms in total. The summed E-state index contributed by atoms with van der Waals surface area (Å²) in [5, 5.41) is 19.8. The average Bonchev–Trinajstić information content (AvgIpc) is 3.20. The van der Waals surface area contributed by atoms with E-state index in [1.54, 1.807) is 50.5 Å². The molecule has 1 aromatic heterocycles. The second-order valence-corrected chi connectivity index (χ2v) is 7.70. The number of aromatic amines is 1. The molecule has 0 atom stereocenters. The monoisotopic (exact) mass is 436 g/mol. The molecule has 1 heterocycles. The Kier molecular flexibility index (Phi) is 6.95. The number of aromatic nitrogens is 2. The lowest BCUT2D eigenvalue weighted by Crippen LogP contribution is -2.23. The summed E-state index contributed by atoms with van der Waals surface area (Å²) in [5.74, 6) is -0.807. The van der Waals surface area contributed by atoms with Crippen molar-refractivity contribution in [1.29, 1.82) is 5.26 Å². The zero-order valence-electron chi connectivity index (χ0n) is 17.0. The minimum absolute atomic E-state index is 0.0850. The number of hydrogen-bond donors (Lipinski definition) is 2. The van der Waals surface area contributed by atoms with Crippen LogP contribution in [0.3, 0.4) is 0 Å². The highest BCUT2D eigenvalue weighted by Crippen LogP contribution is 2.24. The number of nitrogens with zero attached hydrogens (tertiary/aromatic N) is 3. The standard InChI is InChI=1S/C22H20N4O4S/c1-26(2)20(28)13-31-19-10-6-3-7-14(19)22(29)30-12-18(27)15(11-23)21-24-16-8-4-5-9-17(16)25-21/h3-10,27H,12-13H2,1-2H3,(H,24,25)/b18-15+. The van der Waals surface area contributed by atoms with E-state index in [1.807, 2.05) is 18.2 Å². The summed E-state index contributed by atoms with van der Waals surface area (Å²) in [4.78, 5) is 33.7. The number of rotatable bonds is 7. The number of allylic oxidation sites excluding steroid dienone is 1. The maximum atomic E-state index is 12.6. The minimum Gasteiger partial charge on any atom is -0.507 e. The van der Waals surface area contributed by atoms with Crippen molar-refractivity contribution in [3.63, 3.8) is 0 Å². The summed E-state index contributed by atoms with van der Waals surface area (Å²) in [5.41, 5.74) is 1.53. The second kappa shape index (κ2) is 9.82. The Bertz CT molecular complexity index is 1160. The van der Waals surface area contributed by atoms with Gasteiger partial charge in [0.2, 0.25) is 5.91 Å². The van der Waals surface area contributed by atoms with Gasteiger partial charge in [-0.2, -0.15) is 5.26 Å². The van der Waals surface area contributed by atoms with Gasteiger partial charge in [-0.3, -0.25) is 4.79 Å². The molecule has 0 aliphatic carbocycles. The van der Waals surface area contributed by atoms with E-state index in [-0.39, 0.29) is 28.6 Å². The summed E-state index contributed by atoms with van der Waals surface area (Å²) < 4.78 is 5.21. The molecule has 0 bridgehead atoms. The van der Waals surface area contributed by atoms with Crippen LogP contribution in [0.25, 0.3) is 16.6 Å². The summed E-state index contributed by atoms with van der Waals surface area (Å²) in [6.45, 7) is -0.492. The van der Waals surface area contributed by atoms with Crippen LogP contribution in [0.2, 0.25) is 0 Å². The molecule has 2 N–H and O–H groups in total. The zero-order valence-corrected chi connectivity index (χ0v) is 17.8. The highest BCUT2D eigenvalue weighted by molar-refractivity contribution is 8.00. The highest BCUT2D eigenvalue weighted by atomic mass is 32.2. The number of carbonyl (C=O) groups is 2. The van der Waals surface area contributed by atoms with Crippen LogP contribution in [0, 0.1) is 11.3 Å². The van der Waals surface area contributed by atoms with E-state index in [9.17, 15) is 20.0 Å². The van der Waals surface area contributed by atoms with Crippen molar-refractivity contribution in [3.8, 4) is 6.07 Å². The molecular weight excluding hydrogens is 416 g/mol. The predicted octanol–water partition coefficient (Wildman–Crippen LogP) is 3.39. The summed E-state index contributed by atoms with van der Waals surface area (Å²) in [6, 6.07) is 15.8. The van der Waals surface area contributed by atoms with Crippen molar-refractivity contribution < 1.29 is 19.4 Å². The SMILES string of the molecule is CN(C)C(=O)CSc1ccccc1C(=O)OC/C(O)=C(/C#N)c1nc2ccccc2[nH]1. The van der Waals surface area contributed by atoms with Crippen molar-refractivity contribution in [2.45, 2.75) is 4.90 Å². The number of fused-ring (bicyclic) bond motifs is 1. The van der Waals surface area contributed by atoms with Gasteiger partial charge >= 0.3 is 5.97 Å². The molecule has 3 aromatic rings. The molecule has 0 spiro atoms. The van der Waals surface area contributed by atoms with Gasteiger partial charge in [-0.1, -0.05) is 24.3 Å². The largest absolute Gasteiger partial charge is 0.507 e. The summed E-state index contributed by atoms with van der Waals surface area (Å²) in [6.07, 6.45) is 0. The molecule has 0 aliphatic heterocycles. The fourth-order valence-corrected chi connectivity index (χ4v) is 3.66. The van der Waals surface area contributed by atoms with Gasteiger partial charge in [-0.25, -0.2) is 9.78 Å². The fourth-order valence-electron chi connectivity index (χ4n) is 2.64. The van der Waals surface area contributed by atoms with Gasteiger partial charge in [-0.05, 0) is 24.3 Å². The summed E-state index contributed by atoms with van der Waals surface area (Å²) in [7, 11) is 3.32. The molecular formula is C22H20N4O4S. The first-order valence-corrected chi connectivity index (χ1v) is 10.3. The maximum absolute atomic E-state index is 12.6. The van der Waals surface area contributed by atoms with Crippen molar-refractivity contribution in [1.82, 2.24) is 14.9 Å². The van der Waals surface area contributed by atoms with Crippen molar-refractivity contribution in [2.24, 2.45) is 0 Å². The van der Waals surface area contributed by atoms with Crippen LogP contribution in [0.15, 0.2) is 59.2 Å². The van der Waals surface area contributed by atoms with Crippen molar-refractivity contribution in [3.05, 3.63) is 65.7 Å². The third kappa shape index (κ3) is 5.24. The number of aliphatic hydroxyl groups is 1. The zero-order chi connectivity index (χ0) is 22.4. The molecule has 0 unspecified atom stereocenters. The van der Waals surface area contributed by atoms with E-state index in [0.717, 1.165) is 0 Å². The second-order valence-electron chi connectivity index (χ2n) is 6.69. The van der Waals surface area contributed by atoms with Crippen LogP contribution in [0.4, 0.5) is 0 Å². The number of hydrogen-bond acceptors (Lipinski definition) is 7. The van der Waals surface area contributed by atoms with E-state index in [4.69, 9.17) is 4.74 Å². The van der Waals surface area contributed by atoms with E-state index in [1.165, 1.54) is 16.7 Å². The molecule has 0 saturated carbocycles. The molecule has 158 valence electrons. The van der Waals surface area contributed by atoms with E-state index >= 15 is 0 Å². The van der Waals surface area contributed by atoms with Crippen LogP contribution in [-0.4, -0.2) is 58.3 Å². The maximum Gasteiger partial charge on any atom is 0.339 e. The molecule has 3 rings (SSSR count).